The molecule has 1 aliphatic rings. The van der Waals surface area contributed by atoms with E-state index in [1.54, 1.807) is 7.11 Å². The Kier molecular flexibility index (Phi) is 6.49. The van der Waals surface area contributed by atoms with Crippen LogP contribution in [-0.4, -0.2) is 35.1 Å². The molecule has 0 bridgehead atoms. The maximum atomic E-state index is 12.7. The summed E-state index contributed by atoms with van der Waals surface area (Å²) >= 11 is 0. The van der Waals surface area contributed by atoms with E-state index >= 15 is 0 Å². The van der Waals surface area contributed by atoms with E-state index in [9.17, 15) is 9.59 Å². The van der Waals surface area contributed by atoms with Crippen LogP contribution in [0.4, 0.5) is 0 Å². The lowest BCUT2D eigenvalue weighted by Crippen LogP contribution is -2.37. The van der Waals surface area contributed by atoms with Crippen LogP contribution in [0.5, 0.6) is 5.75 Å². The molecule has 0 spiro atoms. The van der Waals surface area contributed by atoms with Crippen LogP contribution in [0, 0.1) is 5.92 Å². The number of hydrogen-bond acceptors (Lipinski definition) is 6. The van der Waals surface area contributed by atoms with Crippen LogP contribution in [-0.2, 0) is 16.0 Å². The summed E-state index contributed by atoms with van der Waals surface area (Å²) in [4.78, 5) is 29.1. The number of nitrogens with two attached hydrogens (primary N) is 1. The van der Waals surface area contributed by atoms with Crippen molar-refractivity contribution < 1.29 is 18.8 Å². The third-order valence-corrected chi connectivity index (χ3v) is 5.88. The van der Waals surface area contributed by atoms with E-state index in [2.05, 4.69) is 15.5 Å². The van der Waals surface area contributed by atoms with Crippen LogP contribution < -0.4 is 15.8 Å². The average Bonchev–Trinajstić information content (AvgIpc) is 3.46. The smallest absolute Gasteiger partial charge is 0.232 e. The molecule has 4 rings (SSSR count). The Morgan fingerprint density at radius 2 is 1.97 bits per heavy atom. The van der Waals surface area contributed by atoms with Gasteiger partial charge in [-0.2, -0.15) is 4.98 Å². The fourth-order valence-corrected chi connectivity index (χ4v) is 4.16. The number of hydrogen-bond donors (Lipinski definition) is 2. The van der Waals surface area contributed by atoms with Crippen LogP contribution in [0.25, 0.3) is 11.4 Å². The molecular weight excluding hydrogens is 408 g/mol. The molecule has 32 heavy (non-hydrogen) atoms. The van der Waals surface area contributed by atoms with Gasteiger partial charge in [0.15, 0.2) is 0 Å². The van der Waals surface area contributed by atoms with Gasteiger partial charge in [0.05, 0.1) is 13.0 Å². The summed E-state index contributed by atoms with van der Waals surface area (Å²) in [7, 11) is 1.61. The maximum absolute atomic E-state index is 12.7. The van der Waals surface area contributed by atoms with Crippen molar-refractivity contribution in [3.63, 3.8) is 0 Å². The van der Waals surface area contributed by atoms with E-state index in [-0.39, 0.29) is 29.7 Å². The monoisotopic (exact) mass is 434 g/mol. The van der Waals surface area contributed by atoms with Gasteiger partial charge in [-0.05, 0) is 37.0 Å². The summed E-state index contributed by atoms with van der Waals surface area (Å²) < 4.78 is 10.8. The number of benzene rings is 2. The Hall–Kier alpha value is -3.68. The molecule has 0 unspecified atom stereocenters. The van der Waals surface area contributed by atoms with Gasteiger partial charge in [-0.3, -0.25) is 9.59 Å². The standard InChI is InChI=1S/C24H26N4O4/c1-31-18-9-5-6-15(12-18)10-11-21(29)26-20-14-17(22(25)30)13-19(20)24-27-23(28-32-24)16-7-3-2-4-8-16/h2-9,12,17,19-20H,10-11,13-14H2,1H3,(H2,25,30)(H,26,29)/t17-,19-,20+/m1/s1. The van der Waals surface area contributed by atoms with E-state index in [4.69, 9.17) is 15.0 Å². The van der Waals surface area contributed by atoms with Gasteiger partial charge in [0, 0.05) is 23.9 Å². The lowest BCUT2D eigenvalue weighted by molar-refractivity contribution is -0.123. The number of nitrogens with zero attached hydrogens (tertiary/aromatic N) is 2. The summed E-state index contributed by atoms with van der Waals surface area (Å²) in [6.07, 6.45) is 1.82. The van der Waals surface area contributed by atoms with Crippen LogP contribution in [0.3, 0.4) is 0 Å². The van der Waals surface area contributed by atoms with Gasteiger partial charge in [-0.1, -0.05) is 47.6 Å². The highest BCUT2D eigenvalue weighted by molar-refractivity contribution is 5.79. The third-order valence-electron chi connectivity index (χ3n) is 5.88. The molecular formula is C24H26N4O4. The number of primary amides is 1. The van der Waals surface area contributed by atoms with Crippen LogP contribution in [0.1, 0.15) is 36.6 Å². The average molecular weight is 434 g/mol. The molecule has 8 heteroatoms. The Balaban J connectivity index is 1.44. The van der Waals surface area contributed by atoms with E-state index in [1.807, 2.05) is 54.6 Å². The molecule has 3 aromatic rings. The number of amides is 2. The number of aryl methyl sites for hydroxylation is 1. The van der Waals surface area contributed by atoms with E-state index in [1.165, 1.54) is 0 Å². The number of carbonyl (C=O) groups is 2. The van der Waals surface area contributed by atoms with Crippen molar-refractivity contribution in [2.24, 2.45) is 11.7 Å². The van der Waals surface area contributed by atoms with E-state index < -0.39 is 0 Å². The summed E-state index contributed by atoms with van der Waals surface area (Å²) in [6.45, 7) is 0. The molecule has 3 atom stereocenters. The van der Waals surface area contributed by atoms with Crippen LogP contribution >= 0.6 is 0 Å². The molecule has 1 aliphatic carbocycles. The molecule has 1 saturated carbocycles. The van der Waals surface area contributed by atoms with Crippen LogP contribution in [0.15, 0.2) is 59.1 Å². The van der Waals surface area contributed by atoms with Crippen molar-refractivity contribution in [3.05, 3.63) is 66.1 Å². The zero-order valence-electron chi connectivity index (χ0n) is 17.9. The van der Waals surface area contributed by atoms with Crippen LogP contribution in [0.2, 0.25) is 0 Å². The second kappa shape index (κ2) is 9.64. The molecule has 1 heterocycles. The predicted molar refractivity (Wildman–Crippen MR) is 118 cm³/mol. The molecule has 0 saturated heterocycles. The maximum Gasteiger partial charge on any atom is 0.232 e. The normalized spacial score (nSPS) is 20.1. The molecule has 1 aromatic heterocycles. The Morgan fingerprint density at radius 1 is 1.16 bits per heavy atom. The van der Waals surface area contributed by atoms with Gasteiger partial charge in [-0.15, -0.1) is 0 Å². The van der Waals surface area contributed by atoms with Crippen molar-refractivity contribution >= 4 is 11.8 Å². The van der Waals surface area contributed by atoms with Gasteiger partial charge >= 0.3 is 0 Å². The Morgan fingerprint density at radius 3 is 2.72 bits per heavy atom. The van der Waals surface area contributed by atoms with Crippen molar-refractivity contribution in [1.82, 2.24) is 15.5 Å². The molecule has 1 fully saturated rings. The lowest BCUT2D eigenvalue weighted by Gasteiger charge is -2.18. The van der Waals surface area contributed by atoms with Crippen molar-refractivity contribution in [2.45, 2.75) is 37.6 Å². The molecule has 166 valence electrons. The molecule has 2 aromatic carbocycles. The number of rotatable bonds is 8. The van der Waals surface area contributed by atoms with E-state index in [0.717, 1.165) is 16.9 Å². The van der Waals surface area contributed by atoms with Gasteiger partial charge < -0.3 is 20.3 Å². The topological polar surface area (TPSA) is 120 Å². The first-order valence-corrected chi connectivity index (χ1v) is 10.6. The fraction of sp³-hybridized carbons (Fsp3) is 0.333. The Bertz CT molecular complexity index is 1080. The molecule has 8 nitrogen and oxygen atoms in total. The van der Waals surface area contributed by atoms with Gasteiger partial charge in [-0.25, -0.2) is 0 Å². The number of methoxy groups -OCH3 is 1. The zero-order valence-corrected chi connectivity index (χ0v) is 17.9. The molecule has 0 aliphatic heterocycles. The summed E-state index contributed by atoms with van der Waals surface area (Å²) in [6, 6.07) is 16.8. The summed E-state index contributed by atoms with van der Waals surface area (Å²) in [5.74, 6) is 0.543. The van der Waals surface area contributed by atoms with Crippen molar-refractivity contribution in [3.8, 4) is 17.1 Å². The zero-order chi connectivity index (χ0) is 22.5. The van der Waals surface area contributed by atoms with Crippen molar-refractivity contribution in [1.29, 1.82) is 0 Å². The SMILES string of the molecule is COc1cccc(CCC(=O)N[C@H]2C[C@H](C(N)=O)C[C@H]2c2nc(-c3ccccc3)no2)c1. The molecule has 0 radical (unpaired) electrons. The minimum atomic E-state index is -0.383. The Labute approximate surface area is 186 Å². The second-order valence-corrected chi connectivity index (χ2v) is 8.02. The minimum absolute atomic E-state index is 0.101. The number of carbonyl (C=O) groups excluding carboxylic acids is 2. The summed E-state index contributed by atoms with van der Waals surface area (Å²) in [5.41, 5.74) is 7.41. The van der Waals surface area contributed by atoms with Crippen molar-refractivity contribution in [2.75, 3.05) is 7.11 Å². The lowest BCUT2D eigenvalue weighted by atomic mass is 10.0. The largest absolute Gasteiger partial charge is 0.497 e. The molecule has 2 amide bonds. The van der Waals surface area contributed by atoms with Gasteiger partial charge in [0.1, 0.15) is 5.75 Å². The second-order valence-electron chi connectivity index (χ2n) is 8.02. The number of ether oxygens (including phenoxy) is 1. The quantitative estimate of drug-likeness (QED) is 0.562. The minimum Gasteiger partial charge on any atom is -0.497 e. The highest BCUT2D eigenvalue weighted by Crippen LogP contribution is 2.38. The first-order valence-electron chi connectivity index (χ1n) is 10.6. The first-order chi connectivity index (χ1) is 15.5. The predicted octanol–water partition coefficient (Wildman–Crippen LogP) is 2.84. The first kappa shape index (κ1) is 21.5. The highest BCUT2D eigenvalue weighted by atomic mass is 16.5. The third kappa shape index (κ3) is 4.96. The summed E-state index contributed by atoms with van der Waals surface area (Å²) in [5, 5.41) is 7.13. The number of aromatic nitrogens is 2. The molecule has 3 N–H and O–H groups in total. The number of nitrogens with one attached hydrogen (secondary N) is 1. The fourth-order valence-electron chi connectivity index (χ4n) is 4.16. The van der Waals surface area contributed by atoms with Gasteiger partial charge in [0.2, 0.25) is 23.5 Å². The highest BCUT2D eigenvalue weighted by Gasteiger charge is 2.41. The van der Waals surface area contributed by atoms with Gasteiger partial charge in [0.25, 0.3) is 0 Å². The van der Waals surface area contributed by atoms with E-state index in [0.29, 0.717) is 37.4 Å².